The minimum atomic E-state index is -0.298. The van der Waals surface area contributed by atoms with Crippen molar-refractivity contribution in [1.82, 2.24) is 9.88 Å². The topological polar surface area (TPSA) is 45.2 Å². The lowest BCUT2D eigenvalue weighted by Gasteiger charge is -2.17. The van der Waals surface area contributed by atoms with Crippen molar-refractivity contribution in [3.8, 4) is 0 Å². The normalized spacial score (nSPS) is 14.0. The summed E-state index contributed by atoms with van der Waals surface area (Å²) >= 11 is 1.56. The van der Waals surface area contributed by atoms with Crippen LogP contribution in [0.4, 0.5) is 14.3 Å². The van der Waals surface area contributed by atoms with Crippen LogP contribution in [0.15, 0.2) is 24.3 Å². The third-order valence-corrected chi connectivity index (χ3v) is 5.09. The Hall–Kier alpha value is -1.95. The first kappa shape index (κ1) is 15.9. The quantitative estimate of drug-likeness (QED) is 0.855. The predicted octanol–water partition coefficient (Wildman–Crippen LogP) is 4.22. The molecule has 1 aliphatic rings. The molecule has 3 rings (SSSR count). The van der Waals surface area contributed by atoms with Gasteiger partial charge < -0.3 is 4.90 Å². The summed E-state index contributed by atoms with van der Waals surface area (Å²) in [4.78, 5) is 19.6. The molecule has 6 heteroatoms. The van der Waals surface area contributed by atoms with Crippen LogP contribution < -0.4 is 5.32 Å². The number of aromatic nitrogens is 1. The van der Waals surface area contributed by atoms with Crippen LogP contribution in [0.1, 0.15) is 35.4 Å². The Labute approximate surface area is 139 Å². The molecular formula is C17H20FN3OS. The number of carbonyl (C=O) groups is 1. The average molecular weight is 333 g/mol. The van der Waals surface area contributed by atoms with Crippen LogP contribution in [-0.4, -0.2) is 23.0 Å². The van der Waals surface area contributed by atoms with Crippen molar-refractivity contribution < 1.29 is 9.18 Å². The van der Waals surface area contributed by atoms with Gasteiger partial charge in [-0.2, -0.15) is 0 Å². The summed E-state index contributed by atoms with van der Waals surface area (Å²) in [6.07, 6.45) is 5.64. The molecule has 1 heterocycles. The van der Waals surface area contributed by atoms with Crippen molar-refractivity contribution in [3.63, 3.8) is 0 Å². The highest BCUT2D eigenvalue weighted by Crippen LogP contribution is 2.29. The fourth-order valence-electron chi connectivity index (χ4n) is 2.72. The van der Waals surface area contributed by atoms with Crippen LogP contribution >= 0.6 is 11.3 Å². The number of nitrogens with one attached hydrogen (secondary N) is 1. The second-order valence-electron chi connectivity index (χ2n) is 5.83. The number of urea groups is 1. The number of hydrogen-bond acceptors (Lipinski definition) is 3. The van der Waals surface area contributed by atoms with Crippen LogP contribution in [0.25, 0.3) is 0 Å². The number of rotatable bonds is 3. The van der Waals surface area contributed by atoms with E-state index in [2.05, 4.69) is 10.3 Å². The lowest BCUT2D eigenvalue weighted by Crippen LogP contribution is -2.31. The van der Waals surface area contributed by atoms with E-state index in [1.165, 1.54) is 28.7 Å². The molecule has 1 aromatic heterocycles. The fourth-order valence-corrected chi connectivity index (χ4v) is 3.76. The van der Waals surface area contributed by atoms with Gasteiger partial charge in [0.15, 0.2) is 5.13 Å². The monoisotopic (exact) mass is 333 g/mol. The zero-order valence-corrected chi connectivity index (χ0v) is 14.0. The van der Waals surface area contributed by atoms with Gasteiger partial charge in [-0.25, -0.2) is 14.2 Å². The maximum atomic E-state index is 13.7. The zero-order chi connectivity index (χ0) is 16.2. The van der Waals surface area contributed by atoms with Gasteiger partial charge >= 0.3 is 6.03 Å². The number of amides is 2. The molecule has 2 amide bonds. The van der Waals surface area contributed by atoms with Gasteiger partial charge in [-0.3, -0.25) is 5.32 Å². The van der Waals surface area contributed by atoms with Crippen LogP contribution in [0.5, 0.6) is 0 Å². The summed E-state index contributed by atoms with van der Waals surface area (Å²) in [5.41, 5.74) is 1.62. The van der Waals surface area contributed by atoms with E-state index in [1.54, 1.807) is 36.6 Å². The van der Waals surface area contributed by atoms with E-state index in [-0.39, 0.29) is 18.4 Å². The van der Waals surface area contributed by atoms with Gasteiger partial charge in [0.2, 0.25) is 0 Å². The molecule has 0 unspecified atom stereocenters. The van der Waals surface area contributed by atoms with Crippen molar-refractivity contribution in [2.75, 3.05) is 12.4 Å². The third-order valence-electron chi connectivity index (χ3n) is 4.02. The Bertz CT molecular complexity index is 677. The third kappa shape index (κ3) is 3.88. The summed E-state index contributed by atoms with van der Waals surface area (Å²) in [6, 6.07) is 6.23. The highest BCUT2D eigenvalue weighted by molar-refractivity contribution is 7.15. The van der Waals surface area contributed by atoms with Crippen molar-refractivity contribution in [2.45, 2.75) is 38.6 Å². The van der Waals surface area contributed by atoms with Crippen LogP contribution in [0, 0.1) is 5.82 Å². The molecule has 23 heavy (non-hydrogen) atoms. The van der Waals surface area contributed by atoms with Gasteiger partial charge in [0, 0.05) is 24.0 Å². The van der Waals surface area contributed by atoms with Crippen molar-refractivity contribution in [2.24, 2.45) is 0 Å². The molecule has 1 N–H and O–H groups in total. The smallest absolute Gasteiger partial charge is 0.323 e. The predicted molar refractivity (Wildman–Crippen MR) is 90.3 cm³/mol. The number of anilines is 1. The van der Waals surface area contributed by atoms with Gasteiger partial charge in [-0.15, -0.1) is 11.3 Å². The van der Waals surface area contributed by atoms with Gasteiger partial charge in [0.05, 0.1) is 5.69 Å². The molecule has 122 valence electrons. The van der Waals surface area contributed by atoms with Crippen molar-refractivity contribution >= 4 is 22.5 Å². The highest BCUT2D eigenvalue weighted by atomic mass is 32.1. The standard InChI is InChI=1S/C17H20FN3OS/c1-21(11-12-7-5-6-8-13(12)18)17(22)20-16-19-14-9-3-2-4-10-15(14)23-16/h5-8H,2-4,9-11H2,1H3,(H,19,20,22). The summed E-state index contributed by atoms with van der Waals surface area (Å²) < 4.78 is 13.7. The molecule has 0 spiro atoms. The number of nitrogens with zero attached hydrogens (tertiary/aromatic N) is 2. The molecular weight excluding hydrogens is 313 g/mol. The molecule has 0 bridgehead atoms. The second-order valence-corrected chi connectivity index (χ2v) is 6.91. The fraction of sp³-hybridized carbons (Fsp3) is 0.412. The van der Waals surface area contributed by atoms with Crippen molar-refractivity contribution in [3.05, 3.63) is 46.2 Å². The summed E-state index contributed by atoms with van der Waals surface area (Å²) in [5.74, 6) is -0.298. The molecule has 0 radical (unpaired) electrons. The number of fused-ring (bicyclic) bond motifs is 1. The number of thiazole rings is 1. The van der Waals surface area contributed by atoms with Crippen LogP contribution in [0.2, 0.25) is 0 Å². The number of hydrogen-bond donors (Lipinski definition) is 1. The first-order valence-corrected chi connectivity index (χ1v) is 8.69. The van der Waals surface area contributed by atoms with E-state index in [4.69, 9.17) is 0 Å². The van der Waals surface area contributed by atoms with E-state index in [1.807, 2.05) is 0 Å². The van der Waals surface area contributed by atoms with Gasteiger partial charge in [-0.05, 0) is 31.7 Å². The Balaban J connectivity index is 1.63. The molecule has 4 nitrogen and oxygen atoms in total. The SMILES string of the molecule is CN(Cc1ccccc1F)C(=O)Nc1nc2c(s1)CCCCC2. The molecule has 0 saturated heterocycles. The summed E-state index contributed by atoms with van der Waals surface area (Å²) in [7, 11) is 1.65. The largest absolute Gasteiger partial charge is 0.323 e. The average Bonchev–Trinajstić information content (AvgIpc) is 2.78. The minimum absolute atomic E-state index is 0.226. The molecule has 2 aromatic rings. The van der Waals surface area contributed by atoms with Gasteiger partial charge in [0.25, 0.3) is 0 Å². The molecule has 0 atom stereocenters. The Morgan fingerprint density at radius 3 is 2.91 bits per heavy atom. The lowest BCUT2D eigenvalue weighted by molar-refractivity contribution is 0.220. The molecule has 0 aliphatic heterocycles. The first-order chi connectivity index (χ1) is 11.1. The molecule has 0 saturated carbocycles. The number of carbonyl (C=O) groups excluding carboxylic acids is 1. The van der Waals surface area contributed by atoms with Crippen molar-refractivity contribution in [1.29, 1.82) is 0 Å². The zero-order valence-electron chi connectivity index (χ0n) is 13.1. The van der Waals surface area contributed by atoms with E-state index >= 15 is 0 Å². The lowest BCUT2D eigenvalue weighted by atomic mass is 10.2. The van der Waals surface area contributed by atoms with Gasteiger partial charge in [0.1, 0.15) is 5.82 Å². The highest BCUT2D eigenvalue weighted by Gasteiger charge is 2.17. The summed E-state index contributed by atoms with van der Waals surface area (Å²) in [6.45, 7) is 0.226. The maximum Gasteiger partial charge on any atom is 0.323 e. The van der Waals surface area contributed by atoms with Gasteiger partial charge in [-0.1, -0.05) is 24.6 Å². The molecule has 1 aromatic carbocycles. The van der Waals surface area contributed by atoms with Crippen LogP contribution in [0.3, 0.4) is 0 Å². The maximum absolute atomic E-state index is 13.7. The van der Waals surface area contributed by atoms with E-state index in [0.717, 1.165) is 25.0 Å². The Morgan fingerprint density at radius 1 is 1.30 bits per heavy atom. The van der Waals surface area contributed by atoms with E-state index in [9.17, 15) is 9.18 Å². The molecule has 0 fully saturated rings. The number of aryl methyl sites for hydroxylation is 2. The summed E-state index contributed by atoms with van der Waals surface area (Å²) in [5, 5.41) is 3.47. The number of halogens is 1. The minimum Gasteiger partial charge on any atom is -0.323 e. The first-order valence-electron chi connectivity index (χ1n) is 7.87. The van der Waals surface area contributed by atoms with Crippen LogP contribution in [-0.2, 0) is 19.4 Å². The number of benzene rings is 1. The Morgan fingerprint density at radius 2 is 2.09 bits per heavy atom. The second kappa shape index (κ2) is 7.08. The Kier molecular flexibility index (Phi) is 4.91. The van der Waals surface area contributed by atoms with E-state index in [0.29, 0.717) is 10.7 Å². The van der Waals surface area contributed by atoms with E-state index < -0.39 is 0 Å². The molecule has 1 aliphatic carbocycles.